The van der Waals surface area contributed by atoms with Crippen LogP contribution in [0.4, 0.5) is 0 Å². The summed E-state index contributed by atoms with van der Waals surface area (Å²) in [6.45, 7) is 11.1. The van der Waals surface area contributed by atoms with Crippen LogP contribution in [0, 0.1) is 0 Å². The molecular formula is C36H75N5O2. The minimum atomic E-state index is 0.187. The summed E-state index contributed by atoms with van der Waals surface area (Å²) in [4.78, 5) is 23.9. The third-order valence-corrected chi connectivity index (χ3v) is 8.22. The molecule has 0 spiro atoms. The van der Waals surface area contributed by atoms with Crippen LogP contribution < -0.4 is 26.6 Å². The van der Waals surface area contributed by atoms with Crippen molar-refractivity contribution in [2.24, 2.45) is 0 Å². The molecule has 0 radical (unpaired) electrons. The summed E-state index contributed by atoms with van der Waals surface area (Å²) >= 11 is 0. The van der Waals surface area contributed by atoms with E-state index in [2.05, 4.69) is 40.4 Å². The maximum Gasteiger partial charge on any atom is 0.220 e. The van der Waals surface area contributed by atoms with E-state index in [1.807, 2.05) is 0 Å². The van der Waals surface area contributed by atoms with Gasteiger partial charge in [-0.1, -0.05) is 142 Å². The van der Waals surface area contributed by atoms with E-state index in [0.717, 1.165) is 52.1 Å². The summed E-state index contributed by atoms with van der Waals surface area (Å²) in [5.41, 5.74) is 0. The Morgan fingerprint density at radius 3 is 0.837 bits per heavy atom. The van der Waals surface area contributed by atoms with Crippen LogP contribution in [0.5, 0.6) is 0 Å². The fourth-order valence-corrected chi connectivity index (χ4v) is 5.39. The number of nitrogens with one attached hydrogen (secondary N) is 5. The summed E-state index contributed by atoms with van der Waals surface area (Å²) in [6, 6.07) is 0. The molecular weight excluding hydrogens is 534 g/mol. The molecule has 0 aromatic heterocycles. The van der Waals surface area contributed by atoms with Gasteiger partial charge in [-0.2, -0.15) is 0 Å². The third-order valence-electron chi connectivity index (χ3n) is 8.22. The summed E-state index contributed by atoms with van der Waals surface area (Å²) in [5, 5.41) is 16.2. The molecule has 0 fully saturated rings. The third kappa shape index (κ3) is 36.9. The van der Waals surface area contributed by atoms with Gasteiger partial charge in [0.2, 0.25) is 11.8 Å². The number of rotatable bonds is 36. The molecule has 0 aromatic carbocycles. The van der Waals surface area contributed by atoms with Crippen molar-refractivity contribution in [1.82, 2.24) is 26.6 Å². The van der Waals surface area contributed by atoms with Crippen LogP contribution in [0.1, 0.15) is 168 Å². The Morgan fingerprint density at radius 2 is 0.558 bits per heavy atom. The van der Waals surface area contributed by atoms with Gasteiger partial charge in [0.05, 0.1) is 0 Å². The average Bonchev–Trinajstić information content (AvgIpc) is 3.01. The van der Waals surface area contributed by atoms with Crippen LogP contribution in [0.2, 0.25) is 0 Å². The van der Waals surface area contributed by atoms with Crippen LogP contribution in [-0.4, -0.2) is 64.2 Å². The highest BCUT2D eigenvalue weighted by Crippen LogP contribution is 2.13. The van der Waals surface area contributed by atoms with Gasteiger partial charge in [-0.25, -0.2) is 0 Å². The van der Waals surface area contributed by atoms with E-state index >= 15 is 0 Å². The van der Waals surface area contributed by atoms with Gasteiger partial charge < -0.3 is 26.6 Å². The van der Waals surface area contributed by atoms with Crippen LogP contribution in [0.15, 0.2) is 0 Å². The SMILES string of the molecule is CCCCCCCCCCCCCC(=O)NCCNCCNCCNCCNC(=O)CCCCCCCCCCCCC. The summed E-state index contributed by atoms with van der Waals surface area (Å²) in [7, 11) is 0. The molecule has 0 aliphatic heterocycles. The normalized spacial score (nSPS) is 11.2. The predicted molar refractivity (Wildman–Crippen MR) is 187 cm³/mol. The zero-order valence-corrected chi connectivity index (χ0v) is 28.9. The first kappa shape index (κ1) is 41.8. The highest BCUT2D eigenvalue weighted by Gasteiger charge is 2.02. The Balaban J connectivity index is 3.22. The van der Waals surface area contributed by atoms with Gasteiger partial charge in [0.1, 0.15) is 0 Å². The molecule has 7 heteroatoms. The van der Waals surface area contributed by atoms with Gasteiger partial charge in [0.15, 0.2) is 0 Å². The van der Waals surface area contributed by atoms with E-state index in [1.165, 1.54) is 128 Å². The molecule has 2 amide bonds. The average molecular weight is 610 g/mol. The molecule has 0 atom stereocenters. The minimum Gasteiger partial charge on any atom is -0.355 e. The molecule has 0 heterocycles. The van der Waals surface area contributed by atoms with Crippen LogP contribution in [0.25, 0.3) is 0 Å². The maximum atomic E-state index is 12.0. The van der Waals surface area contributed by atoms with Crippen molar-refractivity contribution in [3.05, 3.63) is 0 Å². The molecule has 0 saturated carbocycles. The van der Waals surface area contributed by atoms with E-state index in [0.29, 0.717) is 25.9 Å². The molecule has 0 aliphatic rings. The Morgan fingerprint density at radius 1 is 0.326 bits per heavy atom. The van der Waals surface area contributed by atoms with Crippen molar-refractivity contribution in [2.75, 3.05) is 52.4 Å². The molecule has 256 valence electrons. The molecule has 0 rings (SSSR count). The van der Waals surface area contributed by atoms with Crippen LogP contribution >= 0.6 is 0 Å². The summed E-state index contributed by atoms with van der Waals surface area (Å²) in [6.07, 6.45) is 30.2. The fraction of sp³-hybridized carbons (Fsp3) is 0.944. The predicted octanol–water partition coefficient (Wildman–Crippen LogP) is 7.39. The number of carbonyl (C=O) groups is 2. The molecule has 0 saturated heterocycles. The van der Waals surface area contributed by atoms with Crippen molar-refractivity contribution in [3.8, 4) is 0 Å². The monoisotopic (exact) mass is 610 g/mol. The molecule has 7 nitrogen and oxygen atoms in total. The lowest BCUT2D eigenvalue weighted by Crippen LogP contribution is -2.37. The molecule has 0 bridgehead atoms. The van der Waals surface area contributed by atoms with Crippen LogP contribution in [0.3, 0.4) is 0 Å². The molecule has 0 aromatic rings. The lowest BCUT2D eigenvalue weighted by molar-refractivity contribution is -0.122. The van der Waals surface area contributed by atoms with Gasteiger partial charge in [0.25, 0.3) is 0 Å². The van der Waals surface area contributed by atoms with Gasteiger partial charge in [-0.3, -0.25) is 9.59 Å². The van der Waals surface area contributed by atoms with Crippen molar-refractivity contribution in [3.63, 3.8) is 0 Å². The minimum absolute atomic E-state index is 0.187. The smallest absolute Gasteiger partial charge is 0.220 e. The molecule has 0 aliphatic carbocycles. The van der Waals surface area contributed by atoms with Crippen molar-refractivity contribution in [2.45, 2.75) is 168 Å². The zero-order chi connectivity index (χ0) is 31.3. The Labute approximate surface area is 268 Å². The van der Waals surface area contributed by atoms with Gasteiger partial charge >= 0.3 is 0 Å². The number of carbonyl (C=O) groups excluding carboxylic acids is 2. The van der Waals surface area contributed by atoms with Crippen molar-refractivity contribution in [1.29, 1.82) is 0 Å². The molecule has 5 N–H and O–H groups in total. The molecule has 0 unspecified atom stereocenters. The fourth-order valence-electron chi connectivity index (χ4n) is 5.39. The Bertz CT molecular complexity index is 528. The van der Waals surface area contributed by atoms with Gasteiger partial charge in [-0.15, -0.1) is 0 Å². The largest absolute Gasteiger partial charge is 0.355 e. The topological polar surface area (TPSA) is 94.3 Å². The van der Waals surface area contributed by atoms with E-state index in [-0.39, 0.29) is 11.8 Å². The maximum absolute atomic E-state index is 12.0. The van der Waals surface area contributed by atoms with Gasteiger partial charge in [-0.05, 0) is 12.8 Å². The first-order valence-corrected chi connectivity index (χ1v) is 18.9. The second kappa shape index (κ2) is 37.0. The summed E-state index contributed by atoms with van der Waals surface area (Å²) < 4.78 is 0. The van der Waals surface area contributed by atoms with E-state index in [4.69, 9.17) is 0 Å². The second-order valence-corrected chi connectivity index (χ2v) is 12.5. The number of hydrogen-bond donors (Lipinski definition) is 5. The highest BCUT2D eigenvalue weighted by atomic mass is 16.2. The first-order chi connectivity index (χ1) is 21.2. The van der Waals surface area contributed by atoms with Gasteiger partial charge in [0, 0.05) is 65.2 Å². The number of amides is 2. The van der Waals surface area contributed by atoms with E-state index < -0.39 is 0 Å². The zero-order valence-electron chi connectivity index (χ0n) is 28.9. The Hall–Kier alpha value is -1.18. The summed E-state index contributed by atoms with van der Waals surface area (Å²) in [5.74, 6) is 0.374. The standard InChI is InChI=1S/C36H75N5O2/c1-3-5-7-9-11-13-15-17-19-21-23-25-35(42)40-33-31-38-29-27-37-28-30-39-32-34-41-36(43)26-24-22-20-18-16-14-12-10-8-6-4-2/h37-39H,3-34H2,1-2H3,(H,40,42)(H,41,43). The molecule has 43 heavy (non-hydrogen) atoms. The number of unbranched alkanes of at least 4 members (excludes halogenated alkanes) is 20. The Kier molecular flexibility index (Phi) is 36.0. The van der Waals surface area contributed by atoms with Crippen LogP contribution in [-0.2, 0) is 9.59 Å². The second-order valence-electron chi connectivity index (χ2n) is 12.5. The lowest BCUT2D eigenvalue weighted by Gasteiger charge is -2.09. The van der Waals surface area contributed by atoms with E-state index in [9.17, 15) is 9.59 Å². The highest BCUT2D eigenvalue weighted by molar-refractivity contribution is 5.76. The van der Waals surface area contributed by atoms with Crippen molar-refractivity contribution >= 4 is 11.8 Å². The quantitative estimate of drug-likeness (QED) is 0.0478. The number of hydrogen-bond acceptors (Lipinski definition) is 5. The first-order valence-electron chi connectivity index (χ1n) is 18.9. The van der Waals surface area contributed by atoms with E-state index in [1.54, 1.807) is 0 Å². The lowest BCUT2D eigenvalue weighted by atomic mass is 10.1. The van der Waals surface area contributed by atoms with Crippen molar-refractivity contribution < 1.29 is 9.59 Å².